The van der Waals surface area contributed by atoms with E-state index >= 15 is 0 Å². The molecule has 96 valence electrons. The Labute approximate surface area is 102 Å². The number of hydrogen-bond donors (Lipinski definition) is 1. The molecule has 0 aliphatic carbocycles. The smallest absolute Gasteiger partial charge is 0.123 e. The lowest BCUT2D eigenvalue weighted by Crippen LogP contribution is -2.29. The van der Waals surface area contributed by atoms with Crippen LogP contribution in [-0.4, -0.2) is 19.8 Å². The lowest BCUT2D eigenvalue weighted by Gasteiger charge is -2.27. The molecular weight excluding hydrogens is 221 g/mol. The number of rotatable bonds is 5. The zero-order chi connectivity index (χ0) is 13.1. The highest BCUT2D eigenvalue weighted by atomic mass is 19.1. The van der Waals surface area contributed by atoms with Crippen LogP contribution in [-0.2, 0) is 4.74 Å². The first-order chi connectivity index (χ1) is 7.89. The van der Waals surface area contributed by atoms with Gasteiger partial charge in [-0.1, -0.05) is 0 Å². The summed E-state index contributed by atoms with van der Waals surface area (Å²) >= 11 is 0. The molecule has 1 unspecified atom stereocenters. The molecule has 0 fully saturated rings. The fourth-order valence-corrected chi connectivity index (χ4v) is 1.72. The SMILES string of the molecule is COc1ccc(F)cc1C(N)CC(C)(C)OC. The second kappa shape index (κ2) is 5.47. The van der Waals surface area contributed by atoms with Crippen LogP contribution in [0, 0.1) is 5.82 Å². The number of hydrogen-bond acceptors (Lipinski definition) is 3. The third-order valence-corrected chi connectivity index (χ3v) is 2.86. The van der Waals surface area contributed by atoms with E-state index in [9.17, 15) is 4.39 Å². The van der Waals surface area contributed by atoms with Crippen molar-refractivity contribution in [1.29, 1.82) is 0 Å². The van der Waals surface area contributed by atoms with Gasteiger partial charge in [-0.25, -0.2) is 4.39 Å². The maximum atomic E-state index is 13.2. The van der Waals surface area contributed by atoms with Crippen molar-refractivity contribution in [3.05, 3.63) is 29.6 Å². The molecule has 0 saturated heterocycles. The van der Waals surface area contributed by atoms with Gasteiger partial charge in [0.05, 0.1) is 12.7 Å². The fourth-order valence-electron chi connectivity index (χ4n) is 1.72. The molecule has 17 heavy (non-hydrogen) atoms. The van der Waals surface area contributed by atoms with Crippen molar-refractivity contribution >= 4 is 0 Å². The van der Waals surface area contributed by atoms with Gasteiger partial charge >= 0.3 is 0 Å². The van der Waals surface area contributed by atoms with Crippen molar-refractivity contribution in [3.63, 3.8) is 0 Å². The van der Waals surface area contributed by atoms with Gasteiger partial charge in [-0.05, 0) is 38.5 Å². The number of halogens is 1. The van der Waals surface area contributed by atoms with E-state index in [4.69, 9.17) is 15.2 Å². The van der Waals surface area contributed by atoms with Gasteiger partial charge in [-0.15, -0.1) is 0 Å². The van der Waals surface area contributed by atoms with Crippen LogP contribution in [0.5, 0.6) is 5.75 Å². The molecular formula is C13H20FNO2. The predicted molar refractivity (Wildman–Crippen MR) is 65.6 cm³/mol. The number of benzene rings is 1. The highest BCUT2D eigenvalue weighted by molar-refractivity contribution is 5.36. The van der Waals surface area contributed by atoms with E-state index in [1.807, 2.05) is 13.8 Å². The van der Waals surface area contributed by atoms with Gasteiger partial charge in [0.2, 0.25) is 0 Å². The number of nitrogens with two attached hydrogens (primary N) is 1. The molecule has 0 radical (unpaired) electrons. The Balaban J connectivity index is 2.95. The largest absolute Gasteiger partial charge is 0.496 e. The van der Waals surface area contributed by atoms with Crippen molar-refractivity contribution in [2.45, 2.75) is 31.9 Å². The Hall–Kier alpha value is -1.13. The molecule has 0 aromatic heterocycles. The van der Waals surface area contributed by atoms with Crippen LogP contribution in [0.2, 0.25) is 0 Å². The summed E-state index contributed by atoms with van der Waals surface area (Å²) in [6.45, 7) is 3.89. The number of ether oxygens (including phenoxy) is 2. The average molecular weight is 241 g/mol. The minimum absolute atomic E-state index is 0.313. The fraction of sp³-hybridized carbons (Fsp3) is 0.538. The zero-order valence-corrected chi connectivity index (χ0v) is 10.8. The van der Waals surface area contributed by atoms with Gasteiger partial charge in [-0.2, -0.15) is 0 Å². The van der Waals surface area contributed by atoms with Crippen LogP contribution in [0.3, 0.4) is 0 Å². The first-order valence-electron chi connectivity index (χ1n) is 5.54. The Morgan fingerprint density at radius 3 is 2.53 bits per heavy atom. The molecule has 0 bridgehead atoms. The van der Waals surface area contributed by atoms with Crippen LogP contribution in [0.15, 0.2) is 18.2 Å². The molecule has 0 spiro atoms. The number of methoxy groups -OCH3 is 2. The van der Waals surface area contributed by atoms with Gasteiger partial charge < -0.3 is 15.2 Å². The molecule has 3 nitrogen and oxygen atoms in total. The maximum absolute atomic E-state index is 13.2. The third kappa shape index (κ3) is 3.68. The van der Waals surface area contributed by atoms with E-state index in [1.54, 1.807) is 20.3 Å². The van der Waals surface area contributed by atoms with Crippen molar-refractivity contribution in [1.82, 2.24) is 0 Å². The van der Waals surface area contributed by atoms with Gasteiger partial charge in [0.1, 0.15) is 11.6 Å². The Bertz CT molecular complexity index is 380. The summed E-state index contributed by atoms with van der Waals surface area (Å²) in [6, 6.07) is 4.03. The van der Waals surface area contributed by atoms with E-state index in [0.717, 1.165) is 0 Å². The highest BCUT2D eigenvalue weighted by Crippen LogP contribution is 2.30. The highest BCUT2D eigenvalue weighted by Gasteiger charge is 2.23. The molecule has 1 rings (SSSR count). The van der Waals surface area contributed by atoms with Crippen LogP contribution >= 0.6 is 0 Å². The Morgan fingerprint density at radius 1 is 1.35 bits per heavy atom. The standard InChI is InChI=1S/C13H20FNO2/c1-13(2,17-4)8-11(15)10-7-9(14)5-6-12(10)16-3/h5-7,11H,8,15H2,1-4H3. The molecule has 0 saturated carbocycles. The predicted octanol–water partition coefficient (Wildman–Crippen LogP) is 2.65. The van der Waals surface area contributed by atoms with E-state index in [0.29, 0.717) is 17.7 Å². The summed E-state index contributed by atoms with van der Waals surface area (Å²) in [6.07, 6.45) is 0.587. The lowest BCUT2D eigenvalue weighted by atomic mass is 9.93. The Kier molecular flexibility index (Phi) is 4.48. The van der Waals surface area contributed by atoms with E-state index in [-0.39, 0.29) is 17.5 Å². The topological polar surface area (TPSA) is 44.5 Å². The summed E-state index contributed by atoms with van der Waals surface area (Å²) < 4.78 is 23.7. The van der Waals surface area contributed by atoms with Crippen LogP contribution < -0.4 is 10.5 Å². The van der Waals surface area contributed by atoms with E-state index in [2.05, 4.69) is 0 Å². The molecule has 0 amide bonds. The normalized spacial score (nSPS) is 13.5. The minimum Gasteiger partial charge on any atom is -0.496 e. The molecule has 0 heterocycles. The van der Waals surface area contributed by atoms with E-state index in [1.165, 1.54) is 12.1 Å². The van der Waals surface area contributed by atoms with Crippen molar-refractivity contribution in [3.8, 4) is 5.75 Å². The molecule has 1 aromatic rings. The van der Waals surface area contributed by atoms with E-state index < -0.39 is 0 Å². The van der Waals surface area contributed by atoms with Crippen molar-refractivity contribution < 1.29 is 13.9 Å². The van der Waals surface area contributed by atoms with Crippen LogP contribution in [0.1, 0.15) is 31.9 Å². The first kappa shape index (κ1) is 13.9. The van der Waals surface area contributed by atoms with Crippen LogP contribution in [0.25, 0.3) is 0 Å². The second-order valence-corrected chi connectivity index (χ2v) is 4.66. The van der Waals surface area contributed by atoms with Crippen LogP contribution in [0.4, 0.5) is 4.39 Å². The average Bonchev–Trinajstić information content (AvgIpc) is 2.28. The lowest BCUT2D eigenvalue weighted by molar-refractivity contribution is 0.00979. The second-order valence-electron chi connectivity index (χ2n) is 4.66. The molecule has 2 N–H and O–H groups in total. The maximum Gasteiger partial charge on any atom is 0.123 e. The summed E-state index contributed by atoms with van der Waals surface area (Å²) in [7, 11) is 3.18. The van der Waals surface area contributed by atoms with Gasteiger partial charge in [0.25, 0.3) is 0 Å². The summed E-state index contributed by atoms with van der Waals surface area (Å²) in [5, 5.41) is 0. The minimum atomic E-state index is -0.350. The molecule has 1 aromatic carbocycles. The monoisotopic (exact) mass is 241 g/mol. The van der Waals surface area contributed by atoms with Gasteiger partial charge in [-0.3, -0.25) is 0 Å². The van der Waals surface area contributed by atoms with Crippen molar-refractivity contribution in [2.24, 2.45) is 5.73 Å². The first-order valence-corrected chi connectivity index (χ1v) is 5.54. The summed E-state index contributed by atoms with van der Waals surface area (Å²) in [5.74, 6) is 0.289. The molecule has 1 atom stereocenters. The quantitative estimate of drug-likeness (QED) is 0.862. The van der Waals surface area contributed by atoms with Crippen molar-refractivity contribution in [2.75, 3.05) is 14.2 Å². The summed E-state index contributed by atoms with van der Waals surface area (Å²) in [4.78, 5) is 0. The zero-order valence-electron chi connectivity index (χ0n) is 10.8. The van der Waals surface area contributed by atoms with Gasteiger partial charge in [0, 0.05) is 18.7 Å². The Morgan fingerprint density at radius 2 is 2.00 bits per heavy atom. The molecule has 0 aliphatic rings. The van der Waals surface area contributed by atoms with Gasteiger partial charge in [0.15, 0.2) is 0 Å². The third-order valence-electron chi connectivity index (χ3n) is 2.86. The molecule has 4 heteroatoms. The molecule has 0 aliphatic heterocycles. The summed E-state index contributed by atoms with van der Waals surface area (Å²) in [5.41, 5.74) is 6.39.